The molecule has 2 aromatic rings. The Labute approximate surface area is 145 Å². The highest BCUT2D eigenvalue weighted by Gasteiger charge is 2.36. The summed E-state index contributed by atoms with van der Waals surface area (Å²) < 4.78 is 2.11. The first-order chi connectivity index (χ1) is 11.4. The minimum Gasteiger partial charge on any atom is -0.318 e. The molecule has 0 radical (unpaired) electrons. The Hall–Kier alpha value is -2.34. The van der Waals surface area contributed by atoms with Crippen molar-refractivity contribution in [3.05, 3.63) is 52.4 Å². The van der Waals surface area contributed by atoms with Gasteiger partial charge in [0.05, 0.1) is 4.91 Å². The van der Waals surface area contributed by atoms with Crippen molar-refractivity contribution in [2.75, 3.05) is 0 Å². The van der Waals surface area contributed by atoms with Gasteiger partial charge in [-0.25, -0.2) is 0 Å². The van der Waals surface area contributed by atoms with Crippen molar-refractivity contribution in [3.63, 3.8) is 0 Å². The van der Waals surface area contributed by atoms with Crippen LogP contribution >= 0.6 is 11.8 Å². The fourth-order valence-corrected chi connectivity index (χ4v) is 3.84. The number of nitrogens with zero attached hydrogens (tertiary/aromatic N) is 3. The molecule has 0 N–H and O–H groups in total. The lowest BCUT2D eigenvalue weighted by Crippen LogP contribution is -2.34. The van der Waals surface area contributed by atoms with E-state index >= 15 is 0 Å². The normalized spacial score (nSPS) is 16.7. The van der Waals surface area contributed by atoms with E-state index in [1.807, 2.05) is 52.0 Å². The number of aromatic nitrogens is 2. The van der Waals surface area contributed by atoms with Gasteiger partial charge in [0.1, 0.15) is 0 Å². The summed E-state index contributed by atoms with van der Waals surface area (Å²) in [6.07, 6.45) is 5.32. The van der Waals surface area contributed by atoms with Crippen molar-refractivity contribution in [1.29, 1.82) is 0 Å². The quantitative estimate of drug-likeness (QED) is 0.794. The van der Waals surface area contributed by atoms with Crippen molar-refractivity contribution in [2.24, 2.45) is 0 Å². The minimum atomic E-state index is -0.214. The summed E-state index contributed by atoms with van der Waals surface area (Å²) >= 11 is 1.00. The number of amides is 2. The molecular weight excluding hydrogens is 322 g/mol. The molecule has 2 amide bonds. The third-order valence-corrected chi connectivity index (χ3v) is 4.90. The molecule has 3 rings (SSSR count). The molecule has 1 aliphatic heterocycles. The Bertz CT molecular complexity index is 837. The SMILES string of the molecule is Cc1cc(/C=C2\SC(=O)N(C(C)C)C2=O)c(C)n1-c1ccncc1. The van der Waals surface area contributed by atoms with Crippen LogP contribution in [0, 0.1) is 13.8 Å². The maximum absolute atomic E-state index is 12.4. The second-order valence-electron chi connectivity index (χ2n) is 6.01. The van der Waals surface area contributed by atoms with Gasteiger partial charge >= 0.3 is 0 Å². The van der Waals surface area contributed by atoms with Crippen molar-refractivity contribution < 1.29 is 9.59 Å². The van der Waals surface area contributed by atoms with E-state index in [4.69, 9.17) is 0 Å². The van der Waals surface area contributed by atoms with Gasteiger partial charge in [0, 0.05) is 35.5 Å². The molecule has 0 spiro atoms. The van der Waals surface area contributed by atoms with Crippen LogP contribution in [-0.4, -0.2) is 31.6 Å². The maximum atomic E-state index is 12.4. The number of thioether (sulfide) groups is 1. The molecule has 0 bridgehead atoms. The van der Waals surface area contributed by atoms with Crippen LogP contribution in [0.25, 0.3) is 11.8 Å². The molecule has 124 valence electrons. The average Bonchev–Trinajstić information content (AvgIpc) is 2.96. The molecule has 0 saturated carbocycles. The summed E-state index contributed by atoms with van der Waals surface area (Å²) in [6.45, 7) is 7.71. The summed E-state index contributed by atoms with van der Waals surface area (Å²) in [4.78, 5) is 30.3. The van der Waals surface area contributed by atoms with Crippen molar-refractivity contribution in [2.45, 2.75) is 33.7 Å². The van der Waals surface area contributed by atoms with Crippen LogP contribution in [0.5, 0.6) is 0 Å². The number of hydrogen-bond donors (Lipinski definition) is 0. The lowest BCUT2D eigenvalue weighted by molar-refractivity contribution is -0.123. The lowest BCUT2D eigenvalue weighted by Gasteiger charge is -2.16. The van der Waals surface area contributed by atoms with Crippen molar-refractivity contribution in [3.8, 4) is 5.69 Å². The number of aryl methyl sites for hydroxylation is 1. The first kappa shape index (κ1) is 16.5. The minimum absolute atomic E-state index is 0.132. The van der Waals surface area contributed by atoms with Gasteiger partial charge in [-0.3, -0.25) is 19.5 Å². The third kappa shape index (κ3) is 2.78. The smallest absolute Gasteiger partial charge is 0.293 e. The van der Waals surface area contributed by atoms with Crippen molar-refractivity contribution >= 4 is 29.0 Å². The molecule has 1 aliphatic rings. The maximum Gasteiger partial charge on any atom is 0.293 e. The summed E-state index contributed by atoms with van der Waals surface area (Å²) in [6, 6.07) is 5.78. The van der Waals surface area contributed by atoms with Crippen LogP contribution in [0.2, 0.25) is 0 Å². The summed E-state index contributed by atoms with van der Waals surface area (Å²) in [5.41, 5.74) is 4.05. The molecule has 24 heavy (non-hydrogen) atoms. The number of pyridine rings is 1. The Morgan fingerprint density at radius 2 is 1.83 bits per heavy atom. The van der Waals surface area contributed by atoms with Crippen LogP contribution < -0.4 is 0 Å². The zero-order chi connectivity index (χ0) is 17.4. The first-order valence-electron chi connectivity index (χ1n) is 7.76. The van der Waals surface area contributed by atoms with Gasteiger partial charge in [-0.05, 0) is 69.3 Å². The standard InChI is InChI=1S/C18H19N3O2S/c1-11(2)20-17(22)16(24-18(20)23)10-14-9-12(3)21(13(14)4)15-5-7-19-8-6-15/h5-11H,1-4H3/b16-10-. The number of imide groups is 1. The molecule has 0 aromatic carbocycles. The highest BCUT2D eigenvalue weighted by molar-refractivity contribution is 8.18. The Balaban J connectivity index is 2.01. The van der Waals surface area contributed by atoms with E-state index in [9.17, 15) is 9.59 Å². The fourth-order valence-electron chi connectivity index (χ4n) is 2.89. The molecule has 6 heteroatoms. The van der Waals surface area contributed by atoms with Crippen molar-refractivity contribution in [1.82, 2.24) is 14.5 Å². The van der Waals surface area contributed by atoms with Crippen LogP contribution in [0.4, 0.5) is 4.79 Å². The average molecular weight is 341 g/mol. The highest BCUT2D eigenvalue weighted by Crippen LogP contribution is 2.34. The predicted octanol–water partition coefficient (Wildman–Crippen LogP) is 3.93. The van der Waals surface area contributed by atoms with E-state index in [-0.39, 0.29) is 17.2 Å². The fraction of sp³-hybridized carbons (Fsp3) is 0.278. The molecular formula is C18H19N3O2S. The molecule has 1 saturated heterocycles. The zero-order valence-electron chi connectivity index (χ0n) is 14.1. The highest BCUT2D eigenvalue weighted by atomic mass is 32.2. The van der Waals surface area contributed by atoms with E-state index in [0.717, 1.165) is 34.4 Å². The van der Waals surface area contributed by atoms with Gasteiger partial charge in [-0.1, -0.05) is 0 Å². The Morgan fingerprint density at radius 1 is 1.17 bits per heavy atom. The summed E-state index contributed by atoms with van der Waals surface area (Å²) in [5.74, 6) is -0.214. The van der Waals surface area contributed by atoms with E-state index in [2.05, 4.69) is 9.55 Å². The Kier molecular flexibility index (Phi) is 4.32. The van der Waals surface area contributed by atoms with Gasteiger partial charge in [0.25, 0.3) is 11.1 Å². The number of carbonyl (C=O) groups excluding carboxylic acids is 2. The predicted molar refractivity (Wildman–Crippen MR) is 96.0 cm³/mol. The van der Waals surface area contributed by atoms with E-state index in [1.165, 1.54) is 4.90 Å². The van der Waals surface area contributed by atoms with E-state index < -0.39 is 0 Å². The largest absolute Gasteiger partial charge is 0.318 e. The van der Waals surface area contributed by atoms with Crippen LogP contribution in [0.15, 0.2) is 35.5 Å². The van der Waals surface area contributed by atoms with Gasteiger partial charge in [-0.2, -0.15) is 0 Å². The van der Waals surface area contributed by atoms with E-state index in [0.29, 0.717) is 4.91 Å². The number of rotatable bonds is 3. The summed E-state index contributed by atoms with van der Waals surface area (Å²) in [5, 5.41) is -0.204. The molecule has 0 unspecified atom stereocenters. The van der Waals surface area contributed by atoms with Gasteiger partial charge in [0.15, 0.2) is 0 Å². The van der Waals surface area contributed by atoms with E-state index in [1.54, 1.807) is 12.4 Å². The number of carbonyl (C=O) groups is 2. The third-order valence-electron chi connectivity index (χ3n) is 4.02. The molecule has 1 fully saturated rings. The molecule has 0 aliphatic carbocycles. The molecule has 5 nitrogen and oxygen atoms in total. The first-order valence-corrected chi connectivity index (χ1v) is 8.58. The number of hydrogen-bond acceptors (Lipinski definition) is 4. The molecule has 2 aromatic heterocycles. The van der Waals surface area contributed by atoms with Gasteiger partial charge in [0.2, 0.25) is 0 Å². The summed E-state index contributed by atoms with van der Waals surface area (Å²) in [7, 11) is 0. The molecule has 0 atom stereocenters. The monoisotopic (exact) mass is 341 g/mol. The van der Waals surface area contributed by atoms with Crippen LogP contribution in [-0.2, 0) is 4.79 Å². The topological polar surface area (TPSA) is 55.2 Å². The van der Waals surface area contributed by atoms with Gasteiger partial charge < -0.3 is 4.57 Å². The van der Waals surface area contributed by atoms with Crippen LogP contribution in [0.1, 0.15) is 30.8 Å². The van der Waals surface area contributed by atoms with Gasteiger partial charge in [-0.15, -0.1) is 0 Å². The Morgan fingerprint density at radius 3 is 2.42 bits per heavy atom. The van der Waals surface area contributed by atoms with Crippen LogP contribution in [0.3, 0.4) is 0 Å². The second kappa shape index (κ2) is 6.28. The second-order valence-corrected chi connectivity index (χ2v) is 7.01. The molecule has 3 heterocycles. The lowest BCUT2D eigenvalue weighted by atomic mass is 10.2. The zero-order valence-corrected chi connectivity index (χ0v) is 14.9.